The van der Waals surface area contributed by atoms with E-state index in [-0.39, 0.29) is 11.5 Å². The molecule has 1 rings (SSSR count). The average Bonchev–Trinajstić information content (AvgIpc) is 2.47. The third-order valence-electron chi connectivity index (χ3n) is 4.03. The molecule has 0 unspecified atom stereocenters. The van der Waals surface area contributed by atoms with Crippen LogP contribution >= 0.6 is 0 Å². The molecule has 0 atom stereocenters. The number of rotatable bonds is 7. The maximum Gasteiger partial charge on any atom is 0.340 e. The van der Waals surface area contributed by atoms with Crippen molar-refractivity contribution in [1.29, 1.82) is 0 Å². The van der Waals surface area contributed by atoms with Crippen LogP contribution in [-0.4, -0.2) is 18.1 Å². The van der Waals surface area contributed by atoms with Crippen molar-refractivity contribution in [1.82, 2.24) is 0 Å². The summed E-state index contributed by atoms with van der Waals surface area (Å²) in [4.78, 5) is 11.9. The van der Waals surface area contributed by atoms with Crippen molar-refractivity contribution in [2.24, 2.45) is 0 Å². The zero-order valence-corrected chi connectivity index (χ0v) is 13.0. The van der Waals surface area contributed by atoms with Crippen LogP contribution in [0.25, 0.3) is 0 Å². The summed E-state index contributed by atoms with van der Waals surface area (Å²) in [5.41, 5.74) is 7.83. The molecule has 4 heteroatoms. The van der Waals surface area contributed by atoms with Crippen LogP contribution in [-0.2, 0) is 4.74 Å². The normalized spacial score (nSPS) is 11.2. The lowest BCUT2D eigenvalue weighted by molar-refractivity contribution is 0.0527. The molecule has 0 fully saturated rings. The summed E-state index contributed by atoms with van der Waals surface area (Å²) in [7, 11) is 0. The smallest absolute Gasteiger partial charge is 0.340 e. The number of carbonyl (C=O) groups is 1. The fraction of sp³-hybridized carbons (Fsp3) is 0.562. The van der Waals surface area contributed by atoms with E-state index in [0.29, 0.717) is 17.9 Å². The van der Waals surface area contributed by atoms with Crippen molar-refractivity contribution in [2.45, 2.75) is 52.5 Å². The van der Waals surface area contributed by atoms with E-state index in [2.05, 4.69) is 26.1 Å². The fourth-order valence-corrected chi connectivity index (χ4v) is 2.36. The summed E-state index contributed by atoms with van der Waals surface area (Å²) in [5.74, 6) is -0.372. The first kappa shape index (κ1) is 16.3. The monoisotopic (exact) mass is 278 g/mol. The molecule has 0 saturated carbocycles. The second-order valence-corrected chi connectivity index (χ2v) is 4.95. The topological polar surface area (TPSA) is 64.3 Å². The van der Waals surface area contributed by atoms with Crippen LogP contribution in [0.5, 0.6) is 0 Å². The third kappa shape index (κ3) is 3.44. The number of nitrogens with one attached hydrogen (secondary N) is 1. The van der Waals surface area contributed by atoms with Gasteiger partial charge in [0, 0.05) is 5.54 Å². The highest BCUT2D eigenvalue weighted by molar-refractivity contribution is 5.98. The number of ether oxygens (including phenoxy) is 1. The molecule has 0 heterocycles. The summed E-state index contributed by atoms with van der Waals surface area (Å²) in [6.45, 7) is 8.60. The molecule has 4 nitrogen and oxygen atoms in total. The Kier molecular flexibility index (Phi) is 5.86. The molecule has 0 aliphatic heterocycles. The molecule has 0 spiro atoms. The van der Waals surface area contributed by atoms with Gasteiger partial charge in [-0.25, -0.2) is 4.79 Å². The maximum absolute atomic E-state index is 11.9. The number of nitrogens with two attached hydrogens (primary N) is 1. The number of hydrogen-bond acceptors (Lipinski definition) is 4. The second kappa shape index (κ2) is 7.17. The first-order chi connectivity index (χ1) is 9.53. The van der Waals surface area contributed by atoms with Crippen LogP contribution in [0.1, 0.15) is 57.3 Å². The number of benzene rings is 1. The summed E-state index contributed by atoms with van der Waals surface area (Å²) in [6, 6.07) is 5.44. The standard InChI is InChI=1S/C16H26N2O2/c1-5-16(6-2,7-3)18-13-11-9-10-12(14(13)17)15(19)20-8-4/h9-11,18H,5-8,17H2,1-4H3. The van der Waals surface area contributed by atoms with E-state index in [1.165, 1.54) is 0 Å². The van der Waals surface area contributed by atoms with Crippen molar-refractivity contribution in [2.75, 3.05) is 17.7 Å². The van der Waals surface area contributed by atoms with Gasteiger partial charge in [0.05, 0.1) is 23.5 Å². The number of nitrogen functional groups attached to an aromatic ring is 1. The van der Waals surface area contributed by atoms with E-state index >= 15 is 0 Å². The number of esters is 1. The van der Waals surface area contributed by atoms with Gasteiger partial charge in [-0.2, -0.15) is 0 Å². The largest absolute Gasteiger partial charge is 0.462 e. The molecule has 112 valence electrons. The molecule has 0 bridgehead atoms. The van der Waals surface area contributed by atoms with Crippen molar-refractivity contribution in [3.05, 3.63) is 23.8 Å². The number of carbonyl (C=O) groups excluding carboxylic acids is 1. The minimum atomic E-state index is -0.372. The van der Waals surface area contributed by atoms with Crippen molar-refractivity contribution in [3.63, 3.8) is 0 Å². The molecular formula is C16H26N2O2. The van der Waals surface area contributed by atoms with E-state index in [1.807, 2.05) is 12.1 Å². The van der Waals surface area contributed by atoms with Gasteiger partial charge in [-0.3, -0.25) is 0 Å². The van der Waals surface area contributed by atoms with E-state index in [0.717, 1.165) is 24.9 Å². The highest BCUT2D eigenvalue weighted by Crippen LogP contribution is 2.30. The molecule has 0 radical (unpaired) electrons. The molecule has 3 N–H and O–H groups in total. The highest BCUT2D eigenvalue weighted by atomic mass is 16.5. The average molecular weight is 278 g/mol. The minimum Gasteiger partial charge on any atom is -0.462 e. The summed E-state index contributed by atoms with van der Waals surface area (Å²) in [5, 5.41) is 3.51. The molecule has 0 aromatic heterocycles. The number of hydrogen-bond donors (Lipinski definition) is 2. The predicted molar refractivity (Wildman–Crippen MR) is 84.0 cm³/mol. The Morgan fingerprint density at radius 3 is 2.30 bits per heavy atom. The van der Waals surface area contributed by atoms with Gasteiger partial charge >= 0.3 is 5.97 Å². The molecule has 1 aromatic carbocycles. The molecular weight excluding hydrogens is 252 g/mol. The van der Waals surface area contributed by atoms with Crippen LogP contribution < -0.4 is 11.1 Å². The zero-order valence-electron chi connectivity index (χ0n) is 13.0. The van der Waals surface area contributed by atoms with E-state index in [9.17, 15) is 4.79 Å². The van der Waals surface area contributed by atoms with Crippen molar-refractivity contribution in [3.8, 4) is 0 Å². The van der Waals surface area contributed by atoms with Gasteiger partial charge in [-0.15, -0.1) is 0 Å². The van der Waals surface area contributed by atoms with Gasteiger partial charge in [0.1, 0.15) is 0 Å². The van der Waals surface area contributed by atoms with E-state index in [1.54, 1.807) is 13.0 Å². The maximum atomic E-state index is 11.9. The van der Waals surface area contributed by atoms with E-state index < -0.39 is 0 Å². The third-order valence-corrected chi connectivity index (χ3v) is 4.03. The molecule has 1 aromatic rings. The Labute approximate surface area is 121 Å². The summed E-state index contributed by atoms with van der Waals surface area (Å²) >= 11 is 0. The Balaban J connectivity index is 3.08. The minimum absolute atomic E-state index is 0.0153. The Morgan fingerprint density at radius 1 is 1.20 bits per heavy atom. The van der Waals surface area contributed by atoms with Crippen LogP contribution in [0.2, 0.25) is 0 Å². The Bertz CT molecular complexity index is 446. The van der Waals surface area contributed by atoms with Gasteiger partial charge in [0.2, 0.25) is 0 Å². The lowest BCUT2D eigenvalue weighted by Gasteiger charge is -2.33. The van der Waals surface area contributed by atoms with Gasteiger partial charge in [0.15, 0.2) is 0 Å². The van der Waals surface area contributed by atoms with Crippen LogP contribution in [0.15, 0.2) is 18.2 Å². The van der Waals surface area contributed by atoms with Gasteiger partial charge in [-0.05, 0) is 38.3 Å². The lowest BCUT2D eigenvalue weighted by Crippen LogP contribution is -2.36. The van der Waals surface area contributed by atoms with Gasteiger partial charge in [0.25, 0.3) is 0 Å². The quantitative estimate of drug-likeness (QED) is 0.587. The Morgan fingerprint density at radius 2 is 1.80 bits per heavy atom. The molecule has 0 amide bonds. The second-order valence-electron chi connectivity index (χ2n) is 4.95. The molecule has 20 heavy (non-hydrogen) atoms. The number of para-hydroxylation sites is 1. The SMILES string of the molecule is CCOC(=O)c1cccc(NC(CC)(CC)CC)c1N. The lowest BCUT2D eigenvalue weighted by atomic mass is 9.89. The van der Waals surface area contributed by atoms with Crippen LogP contribution in [0.3, 0.4) is 0 Å². The van der Waals surface area contributed by atoms with Crippen molar-refractivity contribution >= 4 is 17.3 Å². The number of anilines is 2. The fourth-order valence-electron chi connectivity index (χ4n) is 2.36. The van der Waals surface area contributed by atoms with E-state index in [4.69, 9.17) is 10.5 Å². The molecule has 0 saturated heterocycles. The first-order valence-corrected chi connectivity index (χ1v) is 7.37. The Hall–Kier alpha value is -1.71. The first-order valence-electron chi connectivity index (χ1n) is 7.37. The van der Waals surface area contributed by atoms with Crippen LogP contribution in [0.4, 0.5) is 11.4 Å². The summed E-state index contributed by atoms with van der Waals surface area (Å²) in [6.07, 6.45) is 3.01. The van der Waals surface area contributed by atoms with Crippen molar-refractivity contribution < 1.29 is 9.53 Å². The molecule has 0 aliphatic carbocycles. The molecule has 0 aliphatic rings. The van der Waals surface area contributed by atoms with Crippen LogP contribution in [0, 0.1) is 0 Å². The van der Waals surface area contributed by atoms with Gasteiger partial charge in [-0.1, -0.05) is 26.8 Å². The predicted octanol–water partition coefficient (Wildman–Crippen LogP) is 3.83. The summed E-state index contributed by atoms with van der Waals surface area (Å²) < 4.78 is 5.03. The highest BCUT2D eigenvalue weighted by Gasteiger charge is 2.25. The van der Waals surface area contributed by atoms with Gasteiger partial charge < -0.3 is 15.8 Å². The zero-order chi connectivity index (χ0) is 15.2.